The Morgan fingerprint density at radius 1 is 1.21 bits per heavy atom. The topological polar surface area (TPSA) is 116 Å². The fourth-order valence-corrected chi connectivity index (χ4v) is 4.34. The van der Waals surface area contributed by atoms with Gasteiger partial charge in [0.2, 0.25) is 0 Å². The van der Waals surface area contributed by atoms with Crippen molar-refractivity contribution < 1.29 is 24.2 Å². The minimum absolute atomic E-state index is 0.00707. The average Bonchev–Trinajstić information content (AvgIpc) is 3.26. The molecule has 176 valence electrons. The van der Waals surface area contributed by atoms with Gasteiger partial charge in [0.25, 0.3) is 11.7 Å². The maximum absolute atomic E-state index is 13.2. The molecule has 9 nitrogen and oxygen atoms in total. The number of aliphatic hydroxyl groups excluding tert-OH is 1. The monoisotopic (exact) mass is 454 g/mol. The number of nitrogens with one attached hydrogen (secondary N) is 1. The van der Waals surface area contributed by atoms with E-state index < -0.39 is 23.7 Å². The van der Waals surface area contributed by atoms with Crippen LogP contribution in [0.5, 0.6) is 0 Å². The van der Waals surface area contributed by atoms with Crippen molar-refractivity contribution in [2.75, 3.05) is 33.3 Å². The lowest BCUT2D eigenvalue weighted by Crippen LogP contribution is -2.38. The van der Waals surface area contributed by atoms with E-state index in [0.29, 0.717) is 35.5 Å². The van der Waals surface area contributed by atoms with Crippen LogP contribution in [-0.2, 0) is 14.3 Å². The Morgan fingerprint density at radius 3 is 2.42 bits per heavy atom. The fraction of sp³-hybridized carbons (Fsp3) is 0.417. The van der Waals surface area contributed by atoms with E-state index in [4.69, 9.17) is 4.74 Å². The summed E-state index contributed by atoms with van der Waals surface area (Å²) < 4.78 is 4.80. The zero-order chi connectivity index (χ0) is 24.3. The average molecular weight is 455 g/mol. The van der Waals surface area contributed by atoms with Crippen LogP contribution in [-0.4, -0.2) is 75.8 Å². The van der Waals surface area contributed by atoms with Gasteiger partial charge in [-0.25, -0.2) is 4.79 Å². The first-order valence-corrected chi connectivity index (χ1v) is 10.9. The van der Waals surface area contributed by atoms with E-state index in [2.05, 4.69) is 14.9 Å². The number of ketones is 1. The number of rotatable bonds is 8. The number of nitrogens with zero attached hydrogens (tertiary/aromatic N) is 3. The number of methoxy groups -OCH3 is 1. The van der Waals surface area contributed by atoms with E-state index in [-0.39, 0.29) is 17.0 Å². The van der Waals surface area contributed by atoms with Crippen LogP contribution in [0, 0.1) is 13.8 Å². The molecule has 33 heavy (non-hydrogen) atoms. The highest BCUT2D eigenvalue weighted by Crippen LogP contribution is 2.40. The number of H-pyrrole nitrogens is 1. The molecule has 0 spiro atoms. The molecule has 1 saturated heterocycles. The molecule has 1 fully saturated rings. The largest absolute Gasteiger partial charge is 0.507 e. The van der Waals surface area contributed by atoms with E-state index in [0.717, 1.165) is 13.1 Å². The van der Waals surface area contributed by atoms with Gasteiger partial charge in [0.1, 0.15) is 11.5 Å². The van der Waals surface area contributed by atoms with Crippen LogP contribution in [0.1, 0.15) is 52.8 Å². The molecular formula is C24H30N4O5. The Kier molecular flexibility index (Phi) is 7.33. The van der Waals surface area contributed by atoms with Crippen LogP contribution in [0.2, 0.25) is 0 Å². The number of esters is 1. The van der Waals surface area contributed by atoms with Gasteiger partial charge in [-0.1, -0.05) is 13.8 Å². The number of aromatic nitrogens is 2. The molecule has 1 amide bonds. The smallest absolute Gasteiger partial charge is 0.354 e. The van der Waals surface area contributed by atoms with E-state index in [9.17, 15) is 19.5 Å². The number of aromatic amines is 1. The lowest BCUT2D eigenvalue weighted by Gasteiger charge is -2.28. The Morgan fingerprint density at radius 2 is 1.85 bits per heavy atom. The van der Waals surface area contributed by atoms with Crippen molar-refractivity contribution in [3.05, 3.63) is 58.2 Å². The second kappa shape index (κ2) is 9.99. The predicted octanol–water partition coefficient (Wildman–Crippen LogP) is 2.58. The van der Waals surface area contributed by atoms with Crippen LogP contribution in [0.15, 0.2) is 30.1 Å². The molecule has 2 N–H and O–H groups in total. The van der Waals surface area contributed by atoms with E-state index >= 15 is 0 Å². The van der Waals surface area contributed by atoms with Gasteiger partial charge in [0.15, 0.2) is 0 Å². The number of ether oxygens (including phenoxy) is 1. The summed E-state index contributed by atoms with van der Waals surface area (Å²) in [7, 11) is 1.27. The molecule has 3 rings (SSSR count). The molecule has 0 aliphatic carbocycles. The van der Waals surface area contributed by atoms with Crippen LogP contribution in [0.4, 0.5) is 0 Å². The molecule has 1 aliphatic rings. The molecule has 0 aromatic carbocycles. The zero-order valence-corrected chi connectivity index (χ0v) is 19.6. The van der Waals surface area contributed by atoms with Crippen molar-refractivity contribution in [2.24, 2.45) is 0 Å². The summed E-state index contributed by atoms with van der Waals surface area (Å²) in [6.45, 7) is 9.97. The van der Waals surface area contributed by atoms with E-state index in [1.807, 2.05) is 13.8 Å². The van der Waals surface area contributed by atoms with Gasteiger partial charge in [0, 0.05) is 36.7 Å². The number of hydrogen-bond acceptors (Lipinski definition) is 7. The number of likely N-dealkylation sites (tertiary alicyclic amines) is 1. The first-order chi connectivity index (χ1) is 15.8. The zero-order valence-electron chi connectivity index (χ0n) is 19.6. The van der Waals surface area contributed by atoms with Crippen molar-refractivity contribution in [1.29, 1.82) is 0 Å². The third-order valence-corrected chi connectivity index (χ3v) is 6.18. The minimum atomic E-state index is -0.765. The molecule has 1 atom stereocenters. The number of likely N-dealkylation sites (N-methyl/N-ethyl adjacent to an activating group) is 1. The molecular weight excluding hydrogens is 424 g/mol. The number of hydrogen-bond donors (Lipinski definition) is 2. The maximum atomic E-state index is 13.2. The first-order valence-electron chi connectivity index (χ1n) is 10.9. The Labute approximate surface area is 193 Å². The summed E-state index contributed by atoms with van der Waals surface area (Å²) >= 11 is 0. The van der Waals surface area contributed by atoms with Gasteiger partial charge >= 0.3 is 5.97 Å². The molecule has 2 aromatic rings. The number of aryl methyl sites for hydroxylation is 1. The molecule has 0 bridgehead atoms. The number of Topliss-reactive ketones (excluding diaryl/α,β-unsaturated/α-hetero) is 1. The van der Waals surface area contributed by atoms with Crippen LogP contribution >= 0.6 is 0 Å². The van der Waals surface area contributed by atoms with Crippen molar-refractivity contribution in [3.63, 3.8) is 0 Å². The van der Waals surface area contributed by atoms with Crippen LogP contribution in [0.3, 0.4) is 0 Å². The number of amides is 1. The Bertz CT molecular complexity index is 1090. The SMILES string of the molecule is CCN(CC)CCN1C(=O)C(=O)/C(=C(/O)c2c(C)[nH]c(C(=O)OC)c2C)[C@H]1c1ccncc1. The highest BCUT2D eigenvalue weighted by molar-refractivity contribution is 6.46. The van der Waals surface area contributed by atoms with Gasteiger partial charge in [-0.2, -0.15) is 0 Å². The van der Waals surface area contributed by atoms with Crippen molar-refractivity contribution in [3.8, 4) is 0 Å². The van der Waals surface area contributed by atoms with Gasteiger partial charge in [-0.3, -0.25) is 14.6 Å². The second-order valence-electron chi connectivity index (χ2n) is 7.92. The molecule has 9 heteroatoms. The van der Waals surface area contributed by atoms with Gasteiger partial charge in [-0.05, 0) is 50.2 Å². The Balaban J connectivity index is 2.16. The minimum Gasteiger partial charge on any atom is -0.507 e. The highest BCUT2D eigenvalue weighted by atomic mass is 16.5. The molecule has 0 saturated carbocycles. The number of aliphatic hydroxyl groups is 1. The number of pyridine rings is 1. The van der Waals surface area contributed by atoms with E-state index in [1.54, 1.807) is 38.4 Å². The van der Waals surface area contributed by atoms with Crippen molar-refractivity contribution in [1.82, 2.24) is 19.8 Å². The standard InChI is InChI=1S/C24H30N4O5/c1-6-27(7-2)12-13-28-20(16-8-10-25-11-9-16)18(22(30)23(28)31)21(29)17-14(3)19(24(32)33-5)26-15(17)4/h8-11,20,26,29H,6-7,12-13H2,1-5H3/b21-18+/t20-/m1/s1. The molecule has 3 heterocycles. The van der Waals surface area contributed by atoms with E-state index in [1.165, 1.54) is 12.0 Å². The van der Waals surface area contributed by atoms with Gasteiger partial charge in [0.05, 0.1) is 18.7 Å². The van der Waals surface area contributed by atoms with Crippen LogP contribution < -0.4 is 0 Å². The highest BCUT2D eigenvalue weighted by Gasteiger charge is 2.46. The summed E-state index contributed by atoms with van der Waals surface area (Å²) in [6, 6.07) is 2.69. The normalized spacial score (nSPS) is 17.8. The maximum Gasteiger partial charge on any atom is 0.354 e. The van der Waals surface area contributed by atoms with Gasteiger partial charge < -0.3 is 24.6 Å². The Hall–Kier alpha value is -3.46. The van der Waals surface area contributed by atoms with Crippen molar-refractivity contribution >= 4 is 23.4 Å². The van der Waals surface area contributed by atoms with Gasteiger partial charge in [-0.15, -0.1) is 0 Å². The van der Waals surface area contributed by atoms with Crippen LogP contribution in [0.25, 0.3) is 5.76 Å². The molecule has 1 aliphatic heterocycles. The summed E-state index contributed by atoms with van der Waals surface area (Å²) in [4.78, 5) is 49.0. The molecule has 2 aromatic heterocycles. The third kappa shape index (κ3) is 4.41. The predicted molar refractivity (Wildman–Crippen MR) is 123 cm³/mol. The van der Waals surface area contributed by atoms with Crippen molar-refractivity contribution in [2.45, 2.75) is 33.7 Å². The first kappa shape index (κ1) is 24.2. The summed E-state index contributed by atoms with van der Waals surface area (Å²) in [6.07, 6.45) is 3.17. The lowest BCUT2D eigenvalue weighted by molar-refractivity contribution is -0.140. The quantitative estimate of drug-likeness (QED) is 0.273. The summed E-state index contributed by atoms with van der Waals surface area (Å²) in [5.74, 6) is -2.32. The number of carbonyl (C=O) groups excluding carboxylic acids is 3. The summed E-state index contributed by atoms with van der Waals surface area (Å²) in [5.41, 5.74) is 2.11. The molecule has 0 unspecified atom stereocenters. The molecule has 0 radical (unpaired) electrons. The summed E-state index contributed by atoms with van der Waals surface area (Å²) in [5, 5.41) is 11.3. The second-order valence-corrected chi connectivity index (χ2v) is 7.92. The number of carbonyl (C=O) groups is 3. The lowest BCUT2D eigenvalue weighted by atomic mass is 9.94. The fourth-order valence-electron chi connectivity index (χ4n) is 4.34. The third-order valence-electron chi connectivity index (χ3n) is 6.18.